The molecule has 0 aromatic heterocycles. The normalized spacial score (nSPS) is 23.7. The van der Waals surface area contributed by atoms with Gasteiger partial charge >= 0.3 is 24.1 Å². The average Bonchev–Trinajstić information content (AvgIpc) is 2.46. The van der Waals surface area contributed by atoms with Crippen molar-refractivity contribution in [3.8, 4) is 0 Å². The minimum atomic E-state index is -1.42. The first kappa shape index (κ1) is 19.4. The van der Waals surface area contributed by atoms with Gasteiger partial charge in [-0.2, -0.15) is 0 Å². The highest BCUT2D eigenvalue weighted by atomic mass is 16.4. The zero-order valence-electron chi connectivity index (χ0n) is 12.7. The van der Waals surface area contributed by atoms with Crippen LogP contribution in [0.4, 0.5) is 9.59 Å². The lowest BCUT2D eigenvalue weighted by atomic mass is 9.91. The lowest BCUT2D eigenvalue weighted by Gasteiger charge is -2.28. The van der Waals surface area contributed by atoms with Gasteiger partial charge in [0, 0.05) is 13.1 Å². The monoisotopic (exact) mass is 348 g/mol. The number of carboxylic acid groups (broad SMARTS) is 4. The molecule has 1 aliphatic rings. The molecule has 136 valence electrons. The third-order valence-corrected chi connectivity index (χ3v) is 3.75. The number of hydrogen-bond donors (Lipinski definition) is 6. The number of hydrazine groups is 3. The summed E-state index contributed by atoms with van der Waals surface area (Å²) in [6.07, 6.45) is -2.82. The van der Waals surface area contributed by atoms with Gasteiger partial charge in [0.15, 0.2) is 0 Å². The van der Waals surface area contributed by atoms with Crippen LogP contribution in [0.1, 0.15) is 25.7 Å². The van der Waals surface area contributed by atoms with Crippen LogP contribution >= 0.6 is 0 Å². The summed E-state index contributed by atoms with van der Waals surface area (Å²) < 4.78 is 0. The molecule has 0 spiro atoms. The number of amides is 2. The van der Waals surface area contributed by atoms with Crippen LogP contribution in [0, 0.1) is 11.8 Å². The summed E-state index contributed by atoms with van der Waals surface area (Å²) in [7, 11) is 0. The summed E-state index contributed by atoms with van der Waals surface area (Å²) in [5.41, 5.74) is 4.32. The van der Waals surface area contributed by atoms with E-state index in [1.54, 1.807) is 0 Å². The van der Waals surface area contributed by atoms with Crippen molar-refractivity contribution in [1.29, 1.82) is 0 Å². The number of hydrogen-bond acceptors (Lipinski definition) is 6. The summed E-state index contributed by atoms with van der Waals surface area (Å²) in [6, 6.07) is 0. The Morgan fingerprint density at radius 1 is 0.667 bits per heavy atom. The Balaban J connectivity index is 2.92. The predicted octanol–water partition coefficient (Wildman–Crippen LogP) is -0.154. The summed E-state index contributed by atoms with van der Waals surface area (Å²) in [5.74, 6) is -4.07. The number of carboxylic acids is 2. The Morgan fingerprint density at radius 3 is 1.25 bits per heavy atom. The highest BCUT2D eigenvalue weighted by molar-refractivity contribution is 5.72. The summed E-state index contributed by atoms with van der Waals surface area (Å²) in [5, 5.41) is 37.7. The molecular formula is C12H20N4O8. The van der Waals surface area contributed by atoms with Gasteiger partial charge in [0.1, 0.15) is 0 Å². The van der Waals surface area contributed by atoms with Gasteiger partial charge in [0.25, 0.3) is 0 Å². The third kappa shape index (κ3) is 5.89. The number of nitrogens with zero attached hydrogens (tertiary/aromatic N) is 2. The molecule has 1 fully saturated rings. The van der Waals surface area contributed by atoms with E-state index in [-0.39, 0.29) is 38.8 Å². The first-order chi connectivity index (χ1) is 11.2. The van der Waals surface area contributed by atoms with Crippen LogP contribution < -0.4 is 11.1 Å². The predicted molar refractivity (Wildman–Crippen MR) is 76.5 cm³/mol. The summed E-state index contributed by atoms with van der Waals surface area (Å²) in [4.78, 5) is 44.7. The second kappa shape index (κ2) is 8.88. The van der Waals surface area contributed by atoms with Crippen LogP contribution in [0.5, 0.6) is 0 Å². The molecular weight excluding hydrogens is 328 g/mol. The minimum absolute atomic E-state index is 0.0459. The largest absolute Gasteiger partial charge is 0.481 e. The van der Waals surface area contributed by atoms with Gasteiger partial charge < -0.3 is 20.4 Å². The molecule has 0 aromatic rings. The lowest BCUT2D eigenvalue weighted by molar-refractivity contribution is -0.145. The Hall–Kier alpha value is -2.60. The van der Waals surface area contributed by atoms with Crippen LogP contribution in [-0.2, 0) is 9.59 Å². The van der Waals surface area contributed by atoms with Crippen molar-refractivity contribution < 1.29 is 39.6 Å². The van der Waals surface area contributed by atoms with Gasteiger partial charge in [-0.25, -0.2) is 19.6 Å². The molecule has 12 nitrogen and oxygen atoms in total. The Kier molecular flexibility index (Phi) is 7.20. The van der Waals surface area contributed by atoms with E-state index in [1.807, 2.05) is 0 Å². The molecule has 0 radical (unpaired) electrons. The van der Waals surface area contributed by atoms with E-state index < -0.39 is 36.0 Å². The van der Waals surface area contributed by atoms with Crippen molar-refractivity contribution in [3.63, 3.8) is 0 Å². The van der Waals surface area contributed by atoms with Gasteiger partial charge in [0.05, 0.1) is 11.8 Å². The third-order valence-electron chi connectivity index (χ3n) is 3.75. The molecule has 12 heteroatoms. The van der Waals surface area contributed by atoms with Crippen molar-refractivity contribution in [2.75, 3.05) is 13.1 Å². The maximum Gasteiger partial charge on any atom is 0.422 e. The molecule has 24 heavy (non-hydrogen) atoms. The van der Waals surface area contributed by atoms with E-state index in [4.69, 9.17) is 10.2 Å². The van der Waals surface area contributed by atoms with Crippen LogP contribution in [0.15, 0.2) is 0 Å². The van der Waals surface area contributed by atoms with E-state index in [1.165, 1.54) is 0 Å². The number of aliphatic carboxylic acids is 2. The second-order valence-corrected chi connectivity index (χ2v) is 5.32. The highest BCUT2D eigenvalue weighted by Gasteiger charge is 2.27. The topological polar surface area (TPSA) is 180 Å². The van der Waals surface area contributed by atoms with Crippen molar-refractivity contribution in [2.45, 2.75) is 25.7 Å². The molecule has 2 unspecified atom stereocenters. The highest BCUT2D eigenvalue weighted by Crippen LogP contribution is 2.20. The molecule has 1 heterocycles. The Morgan fingerprint density at radius 2 is 1.00 bits per heavy atom. The minimum Gasteiger partial charge on any atom is -0.481 e. The molecule has 2 atom stereocenters. The average molecular weight is 348 g/mol. The molecule has 0 aliphatic carbocycles. The lowest BCUT2D eigenvalue weighted by Crippen LogP contribution is -2.58. The maximum atomic E-state index is 11.2. The van der Waals surface area contributed by atoms with Crippen LogP contribution in [0.2, 0.25) is 0 Å². The maximum absolute atomic E-state index is 11.2. The molecule has 1 aliphatic heterocycles. The Bertz CT molecular complexity index is 395. The van der Waals surface area contributed by atoms with Crippen molar-refractivity contribution in [3.05, 3.63) is 0 Å². The van der Waals surface area contributed by atoms with Crippen molar-refractivity contribution in [2.24, 2.45) is 11.8 Å². The van der Waals surface area contributed by atoms with Gasteiger partial charge in [0.2, 0.25) is 0 Å². The fourth-order valence-corrected chi connectivity index (χ4v) is 2.27. The first-order valence-electron chi connectivity index (χ1n) is 7.20. The van der Waals surface area contributed by atoms with Crippen molar-refractivity contribution >= 4 is 24.1 Å². The smallest absolute Gasteiger partial charge is 0.422 e. The molecule has 0 aromatic carbocycles. The van der Waals surface area contributed by atoms with Gasteiger partial charge in [-0.3, -0.25) is 9.59 Å². The van der Waals surface area contributed by atoms with Gasteiger partial charge in [-0.15, -0.1) is 11.1 Å². The SMILES string of the molecule is O=C(O)C1CCC(C(=O)O)CCN(C(=O)O)NNN(C(=O)O)CC1. The molecule has 0 saturated carbocycles. The van der Waals surface area contributed by atoms with E-state index >= 15 is 0 Å². The number of carbonyl (C=O) groups is 4. The second-order valence-electron chi connectivity index (χ2n) is 5.32. The fraction of sp³-hybridized carbons (Fsp3) is 0.667. The van der Waals surface area contributed by atoms with Crippen LogP contribution in [0.25, 0.3) is 0 Å². The van der Waals surface area contributed by atoms with E-state index in [0.29, 0.717) is 10.0 Å². The first-order valence-corrected chi connectivity index (χ1v) is 7.20. The van der Waals surface area contributed by atoms with Gasteiger partial charge in [-0.05, 0) is 25.7 Å². The van der Waals surface area contributed by atoms with Gasteiger partial charge in [-0.1, -0.05) is 0 Å². The van der Waals surface area contributed by atoms with E-state index in [9.17, 15) is 29.4 Å². The number of nitrogens with one attached hydrogen (secondary N) is 2. The molecule has 0 bridgehead atoms. The summed E-state index contributed by atoms with van der Waals surface area (Å²) >= 11 is 0. The quantitative estimate of drug-likeness (QED) is 0.392. The van der Waals surface area contributed by atoms with E-state index in [2.05, 4.69) is 11.1 Å². The van der Waals surface area contributed by atoms with Crippen molar-refractivity contribution in [1.82, 2.24) is 21.1 Å². The summed E-state index contributed by atoms with van der Waals surface area (Å²) in [6.45, 7) is -0.436. The van der Waals surface area contributed by atoms with E-state index in [0.717, 1.165) is 0 Å². The standard InChI is InChI=1S/C12H20N4O8/c17-9(18)7-1-2-8(10(19)20)4-6-16(12(23)24)14-13-15(5-3-7)11(21)22/h7-8,13-14H,1-6H2,(H,17,18)(H,19,20)(H,21,22)(H,23,24). The zero-order valence-corrected chi connectivity index (χ0v) is 12.7. The van der Waals surface area contributed by atoms with Crippen LogP contribution in [0.3, 0.4) is 0 Å². The molecule has 6 N–H and O–H groups in total. The molecule has 1 rings (SSSR count). The zero-order chi connectivity index (χ0) is 18.3. The number of rotatable bonds is 2. The molecule has 2 amide bonds. The van der Waals surface area contributed by atoms with Crippen LogP contribution in [-0.4, -0.2) is 67.7 Å². The Labute approximate surface area is 136 Å². The molecule has 1 saturated heterocycles. The fourth-order valence-electron chi connectivity index (χ4n) is 2.27.